The zero-order valence-corrected chi connectivity index (χ0v) is 11.1. The first-order chi connectivity index (χ1) is 7.91. The van der Waals surface area contributed by atoms with E-state index in [1.165, 1.54) is 5.56 Å². The Balaban J connectivity index is 2.66. The summed E-state index contributed by atoms with van der Waals surface area (Å²) < 4.78 is 0. The van der Waals surface area contributed by atoms with E-state index in [4.69, 9.17) is 5.73 Å². The van der Waals surface area contributed by atoms with Gasteiger partial charge in [0.05, 0.1) is 6.04 Å². The maximum atomic E-state index is 11.6. The lowest BCUT2D eigenvalue weighted by molar-refractivity contribution is -0.131. The summed E-state index contributed by atoms with van der Waals surface area (Å²) in [6.07, 6.45) is 0. The Morgan fingerprint density at radius 1 is 1.24 bits per heavy atom. The molecule has 1 atom stereocenters. The van der Waals surface area contributed by atoms with Crippen LogP contribution in [0.5, 0.6) is 0 Å². The largest absolute Gasteiger partial charge is 0.340 e. The van der Waals surface area contributed by atoms with Crippen molar-refractivity contribution >= 4 is 5.91 Å². The smallest absolute Gasteiger partial charge is 0.239 e. The quantitative estimate of drug-likeness (QED) is 0.867. The molecule has 0 fully saturated rings. The lowest BCUT2D eigenvalue weighted by Gasteiger charge is -2.19. The Morgan fingerprint density at radius 2 is 1.76 bits per heavy atom. The van der Waals surface area contributed by atoms with Gasteiger partial charge in [0.1, 0.15) is 0 Å². The van der Waals surface area contributed by atoms with Crippen molar-refractivity contribution in [1.82, 2.24) is 4.90 Å². The van der Waals surface area contributed by atoms with Crippen molar-refractivity contribution < 1.29 is 4.79 Å². The van der Waals surface area contributed by atoms with Gasteiger partial charge in [0.25, 0.3) is 0 Å². The van der Waals surface area contributed by atoms with E-state index < -0.39 is 6.04 Å². The second kappa shape index (κ2) is 5.82. The highest BCUT2D eigenvalue weighted by Gasteiger charge is 2.13. The fraction of sp³-hybridized carbons (Fsp3) is 0.500. The first kappa shape index (κ1) is 13.7. The molecule has 0 aliphatic carbocycles. The zero-order valence-electron chi connectivity index (χ0n) is 11.1. The van der Waals surface area contributed by atoms with Crippen LogP contribution < -0.4 is 5.73 Å². The average molecular weight is 234 g/mol. The van der Waals surface area contributed by atoms with Gasteiger partial charge < -0.3 is 10.6 Å². The Labute approximate surface area is 104 Å². The van der Waals surface area contributed by atoms with Crippen LogP contribution in [0.3, 0.4) is 0 Å². The summed E-state index contributed by atoms with van der Waals surface area (Å²) in [5.41, 5.74) is 8.01. The maximum Gasteiger partial charge on any atom is 0.239 e. The van der Waals surface area contributed by atoms with Gasteiger partial charge in [-0.15, -0.1) is 0 Å². The van der Waals surface area contributed by atoms with Crippen molar-refractivity contribution in [2.45, 2.75) is 39.3 Å². The summed E-state index contributed by atoms with van der Waals surface area (Å²) in [6, 6.07) is 7.93. The van der Waals surface area contributed by atoms with E-state index >= 15 is 0 Å². The standard InChI is InChI=1S/C14H22N2O/c1-10(2)13-7-5-12(6-8-13)9-16(4)14(17)11(3)15/h5-8,10-11H,9,15H2,1-4H3/t11-/m1/s1. The number of amides is 1. The second-order valence-electron chi connectivity index (χ2n) is 4.88. The average Bonchev–Trinajstić information content (AvgIpc) is 2.28. The van der Waals surface area contributed by atoms with E-state index in [1.54, 1.807) is 18.9 Å². The first-order valence-corrected chi connectivity index (χ1v) is 6.01. The Hall–Kier alpha value is -1.35. The minimum Gasteiger partial charge on any atom is -0.340 e. The highest BCUT2D eigenvalue weighted by molar-refractivity contribution is 5.80. The molecular formula is C14H22N2O. The molecule has 0 unspecified atom stereocenters. The van der Waals surface area contributed by atoms with Gasteiger partial charge in [-0.2, -0.15) is 0 Å². The number of nitrogens with two attached hydrogens (primary N) is 1. The van der Waals surface area contributed by atoms with E-state index in [9.17, 15) is 4.79 Å². The molecule has 1 amide bonds. The Kier molecular flexibility index (Phi) is 4.70. The Morgan fingerprint density at radius 3 is 2.18 bits per heavy atom. The predicted octanol–water partition coefficient (Wildman–Crippen LogP) is 2.12. The fourth-order valence-corrected chi connectivity index (χ4v) is 1.71. The molecule has 0 aliphatic rings. The molecule has 0 saturated heterocycles. The number of nitrogens with zero attached hydrogens (tertiary/aromatic N) is 1. The lowest BCUT2D eigenvalue weighted by Crippen LogP contribution is -2.39. The highest BCUT2D eigenvalue weighted by Crippen LogP contribution is 2.15. The van der Waals surface area contributed by atoms with Crippen molar-refractivity contribution in [2.24, 2.45) is 5.73 Å². The van der Waals surface area contributed by atoms with E-state index in [0.717, 1.165) is 5.56 Å². The lowest BCUT2D eigenvalue weighted by atomic mass is 10.0. The van der Waals surface area contributed by atoms with Gasteiger partial charge in [0.2, 0.25) is 5.91 Å². The summed E-state index contributed by atoms with van der Waals surface area (Å²) in [7, 11) is 1.78. The number of benzene rings is 1. The first-order valence-electron chi connectivity index (χ1n) is 6.01. The van der Waals surface area contributed by atoms with Crippen molar-refractivity contribution in [1.29, 1.82) is 0 Å². The topological polar surface area (TPSA) is 46.3 Å². The zero-order chi connectivity index (χ0) is 13.0. The number of carbonyl (C=O) groups excluding carboxylic acids is 1. The summed E-state index contributed by atoms with van der Waals surface area (Å²) in [4.78, 5) is 13.3. The van der Waals surface area contributed by atoms with Crippen molar-refractivity contribution in [3.8, 4) is 0 Å². The van der Waals surface area contributed by atoms with Crippen molar-refractivity contribution in [3.63, 3.8) is 0 Å². The molecule has 0 spiro atoms. The van der Waals surface area contributed by atoms with Crippen LogP contribution in [-0.2, 0) is 11.3 Å². The van der Waals surface area contributed by atoms with Crippen LogP contribution >= 0.6 is 0 Å². The van der Waals surface area contributed by atoms with E-state index in [1.807, 2.05) is 0 Å². The van der Waals surface area contributed by atoms with Gasteiger partial charge in [-0.1, -0.05) is 38.1 Å². The molecule has 1 rings (SSSR count). The third kappa shape index (κ3) is 3.86. The molecule has 0 heterocycles. The number of likely N-dealkylation sites (N-methyl/N-ethyl adjacent to an activating group) is 1. The molecule has 17 heavy (non-hydrogen) atoms. The van der Waals surface area contributed by atoms with Crippen LogP contribution in [0.15, 0.2) is 24.3 Å². The third-order valence-corrected chi connectivity index (χ3v) is 2.83. The van der Waals surface area contributed by atoms with Crippen LogP contribution in [0.25, 0.3) is 0 Å². The second-order valence-corrected chi connectivity index (χ2v) is 4.88. The van der Waals surface area contributed by atoms with Gasteiger partial charge in [0.15, 0.2) is 0 Å². The van der Waals surface area contributed by atoms with Crippen LogP contribution in [0.1, 0.15) is 37.8 Å². The maximum absolute atomic E-state index is 11.6. The fourth-order valence-electron chi connectivity index (χ4n) is 1.71. The van der Waals surface area contributed by atoms with Gasteiger partial charge in [-0.3, -0.25) is 4.79 Å². The monoisotopic (exact) mass is 234 g/mol. The normalized spacial score (nSPS) is 12.6. The molecule has 94 valence electrons. The summed E-state index contributed by atoms with van der Waals surface area (Å²) in [5.74, 6) is 0.505. The summed E-state index contributed by atoms with van der Waals surface area (Å²) in [5, 5.41) is 0. The van der Waals surface area contributed by atoms with Crippen LogP contribution in [-0.4, -0.2) is 23.9 Å². The molecule has 1 aromatic rings. The highest BCUT2D eigenvalue weighted by atomic mass is 16.2. The molecule has 0 radical (unpaired) electrons. The van der Waals surface area contributed by atoms with Crippen LogP contribution in [0.2, 0.25) is 0 Å². The van der Waals surface area contributed by atoms with Gasteiger partial charge in [-0.05, 0) is 24.0 Å². The van der Waals surface area contributed by atoms with Crippen molar-refractivity contribution in [3.05, 3.63) is 35.4 Å². The molecular weight excluding hydrogens is 212 g/mol. The molecule has 1 aromatic carbocycles. The molecule has 0 aliphatic heterocycles. The minimum atomic E-state index is -0.435. The minimum absolute atomic E-state index is 0.0297. The van der Waals surface area contributed by atoms with E-state index in [-0.39, 0.29) is 5.91 Å². The van der Waals surface area contributed by atoms with Gasteiger partial charge in [0, 0.05) is 13.6 Å². The summed E-state index contributed by atoms with van der Waals surface area (Å²) in [6.45, 7) is 6.65. The Bertz CT molecular complexity index is 368. The van der Waals surface area contributed by atoms with E-state index in [0.29, 0.717) is 12.5 Å². The number of carbonyl (C=O) groups is 1. The third-order valence-electron chi connectivity index (χ3n) is 2.83. The SMILES string of the molecule is CC(C)c1ccc(CN(C)C(=O)[C@@H](C)N)cc1. The molecule has 3 nitrogen and oxygen atoms in total. The van der Waals surface area contributed by atoms with Gasteiger partial charge >= 0.3 is 0 Å². The van der Waals surface area contributed by atoms with Crippen LogP contribution in [0.4, 0.5) is 0 Å². The molecule has 2 N–H and O–H groups in total. The molecule has 0 bridgehead atoms. The van der Waals surface area contributed by atoms with E-state index in [2.05, 4.69) is 38.1 Å². The predicted molar refractivity (Wildman–Crippen MR) is 70.7 cm³/mol. The van der Waals surface area contributed by atoms with Crippen LogP contribution in [0, 0.1) is 0 Å². The molecule has 3 heteroatoms. The number of hydrogen-bond donors (Lipinski definition) is 1. The van der Waals surface area contributed by atoms with Gasteiger partial charge in [-0.25, -0.2) is 0 Å². The molecule has 0 saturated carbocycles. The number of rotatable bonds is 4. The molecule has 0 aromatic heterocycles. The summed E-state index contributed by atoms with van der Waals surface area (Å²) >= 11 is 0. The number of hydrogen-bond acceptors (Lipinski definition) is 2. The van der Waals surface area contributed by atoms with Crippen molar-refractivity contribution in [2.75, 3.05) is 7.05 Å².